The fourth-order valence-electron chi connectivity index (χ4n) is 1.64. The molecular weight excluding hydrogens is 138 g/mol. The Kier molecular flexibility index (Phi) is 2.92. The maximum absolute atomic E-state index is 11.0. The molecule has 1 saturated heterocycles. The van der Waals surface area contributed by atoms with Crippen LogP contribution in [0.2, 0.25) is 0 Å². The van der Waals surface area contributed by atoms with E-state index in [9.17, 15) is 4.79 Å². The Balaban J connectivity index is 2.45. The number of likely N-dealkylation sites (tertiary alicyclic amines) is 1. The van der Waals surface area contributed by atoms with Crippen molar-refractivity contribution in [1.29, 1.82) is 0 Å². The summed E-state index contributed by atoms with van der Waals surface area (Å²) < 4.78 is 0. The molecule has 11 heavy (non-hydrogen) atoms. The molecule has 0 aromatic heterocycles. The van der Waals surface area contributed by atoms with Gasteiger partial charge in [0.05, 0.1) is 0 Å². The molecule has 0 aromatic carbocycles. The summed E-state index contributed by atoms with van der Waals surface area (Å²) in [6, 6.07) is 0. The lowest BCUT2D eigenvalue weighted by molar-refractivity contribution is -0.129. The first-order valence-corrected chi connectivity index (χ1v) is 4.45. The van der Waals surface area contributed by atoms with Gasteiger partial charge in [-0.25, -0.2) is 0 Å². The molecule has 2 nitrogen and oxygen atoms in total. The molecule has 0 unspecified atom stereocenters. The molecule has 1 rings (SSSR count). The summed E-state index contributed by atoms with van der Waals surface area (Å²) in [6.07, 6.45) is 3.75. The monoisotopic (exact) mass is 155 g/mol. The van der Waals surface area contributed by atoms with E-state index in [1.165, 1.54) is 19.3 Å². The highest BCUT2D eigenvalue weighted by atomic mass is 16.2. The lowest BCUT2D eigenvalue weighted by Gasteiger charge is -2.20. The third-order valence-electron chi connectivity index (χ3n) is 2.35. The fraction of sp³-hybridized carbons (Fsp3) is 0.889. The van der Waals surface area contributed by atoms with Crippen LogP contribution < -0.4 is 0 Å². The van der Waals surface area contributed by atoms with E-state index in [0.717, 1.165) is 13.1 Å². The third-order valence-corrected chi connectivity index (χ3v) is 2.35. The highest BCUT2D eigenvalue weighted by Crippen LogP contribution is 2.15. The van der Waals surface area contributed by atoms with Crippen LogP contribution in [0.1, 0.15) is 33.1 Å². The molecule has 0 bridgehead atoms. The van der Waals surface area contributed by atoms with Crippen LogP contribution >= 0.6 is 0 Å². The summed E-state index contributed by atoms with van der Waals surface area (Å²) in [5.41, 5.74) is 0. The number of carbonyl (C=O) groups is 1. The minimum absolute atomic E-state index is 0.235. The van der Waals surface area contributed by atoms with Gasteiger partial charge in [-0.05, 0) is 18.8 Å². The summed E-state index contributed by atoms with van der Waals surface area (Å²) >= 11 is 0. The second-order valence-corrected chi connectivity index (χ2v) is 3.57. The van der Waals surface area contributed by atoms with Crippen molar-refractivity contribution in [1.82, 2.24) is 4.90 Å². The van der Waals surface area contributed by atoms with Crippen LogP contribution in [0.15, 0.2) is 0 Å². The number of amides is 1. The summed E-state index contributed by atoms with van der Waals surface area (Å²) in [7, 11) is 0. The zero-order valence-electron chi connectivity index (χ0n) is 7.47. The summed E-state index contributed by atoms with van der Waals surface area (Å²) in [5, 5.41) is 0. The van der Waals surface area contributed by atoms with Gasteiger partial charge in [0.25, 0.3) is 0 Å². The first-order valence-electron chi connectivity index (χ1n) is 4.45. The average molecular weight is 155 g/mol. The highest BCUT2D eigenvalue weighted by molar-refractivity contribution is 5.73. The predicted molar refractivity (Wildman–Crippen MR) is 45.3 cm³/mol. The van der Waals surface area contributed by atoms with Gasteiger partial charge < -0.3 is 4.90 Å². The average Bonchev–Trinajstić information content (AvgIpc) is 2.13. The lowest BCUT2D eigenvalue weighted by Crippen LogP contribution is -2.31. The molecule has 1 heterocycles. The molecule has 0 spiro atoms. The second kappa shape index (κ2) is 3.74. The van der Waals surface area contributed by atoms with Gasteiger partial charge in [-0.15, -0.1) is 0 Å². The Labute approximate surface area is 68.6 Å². The normalized spacial score (nSPS) is 26.4. The van der Waals surface area contributed by atoms with Gasteiger partial charge in [0.15, 0.2) is 0 Å². The number of rotatable bonds is 0. The van der Waals surface area contributed by atoms with Crippen molar-refractivity contribution >= 4 is 5.91 Å². The Morgan fingerprint density at radius 1 is 1.45 bits per heavy atom. The van der Waals surface area contributed by atoms with Gasteiger partial charge in [-0.1, -0.05) is 13.3 Å². The van der Waals surface area contributed by atoms with Crippen molar-refractivity contribution in [2.24, 2.45) is 5.92 Å². The van der Waals surface area contributed by atoms with Crippen molar-refractivity contribution in [3.63, 3.8) is 0 Å². The summed E-state index contributed by atoms with van der Waals surface area (Å²) in [6.45, 7) is 5.83. The van der Waals surface area contributed by atoms with Crippen LogP contribution in [0.25, 0.3) is 0 Å². The number of hydrogen-bond donors (Lipinski definition) is 0. The summed E-state index contributed by atoms with van der Waals surface area (Å²) in [5.74, 6) is 0.931. The number of carbonyl (C=O) groups excluding carboxylic acids is 1. The first-order chi connectivity index (χ1) is 5.20. The van der Waals surface area contributed by atoms with E-state index in [1.54, 1.807) is 6.92 Å². The van der Waals surface area contributed by atoms with Gasteiger partial charge in [0.1, 0.15) is 0 Å². The lowest BCUT2D eigenvalue weighted by atomic mass is 10.1. The Morgan fingerprint density at radius 3 is 2.82 bits per heavy atom. The van der Waals surface area contributed by atoms with Crippen LogP contribution in [0.4, 0.5) is 0 Å². The zero-order chi connectivity index (χ0) is 8.27. The molecule has 1 amide bonds. The molecule has 1 fully saturated rings. The molecule has 1 aliphatic heterocycles. The molecular formula is C9H17NO. The molecule has 1 atom stereocenters. The van der Waals surface area contributed by atoms with Gasteiger partial charge in [0, 0.05) is 20.0 Å². The van der Waals surface area contributed by atoms with E-state index in [2.05, 4.69) is 6.92 Å². The smallest absolute Gasteiger partial charge is 0.219 e. The minimum Gasteiger partial charge on any atom is -0.343 e. The highest BCUT2D eigenvalue weighted by Gasteiger charge is 2.15. The van der Waals surface area contributed by atoms with Crippen LogP contribution in [0.5, 0.6) is 0 Å². The molecule has 0 radical (unpaired) electrons. The van der Waals surface area contributed by atoms with E-state index in [1.807, 2.05) is 4.90 Å². The predicted octanol–water partition coefficient (Wildman–Crippen LogP) is 1.65. The van der Waals surface area contributed by atoms with E-state index in [0.29, 0.717) is 5.92 Å². The van der Waals surface area contributed by atoms with Crippen molar-refractivity contribution in [3.8, 4) is 0 Å². The standard InChI is InChI=1S/C9H17NO/c1-8-5-3-4-6-10(7-8)9(2)11/h8H,3-7H2,1-2H3/t8-/m0/s1. The van der Waals surface area contributed by atoms with Crippen LogP contribution in [0.3, 0.4) is 0 Å². The second-order valence-electron chi connectivity index (χ2n) is 3.57. The van der Waals surface area contributed by atoms with E-state index < -0.39 is 0 Å². The fourth-order valence-corrected chi connectivity index (χ4v) is 1.64. The Morgan fingerprint density at radius 2 is 2.18 bits per heavy atom. The maximum atomic E-state index is 11.0. The zero-order valence-corrected chi connectivity index (χ0v) is 7.47. The van der Waals surface area contributed by atoms with E-state index in [-0.39, 0.29) is 5.91 Å². The van der Waals surface area contributed by atoms with Gasteiger partial charge >= 0.3 is 0 Å². The van der Waals surface area contributed by atoms with Gasteiger partial charge in [-0.2, -0.15) is 0 Å². The number of nitrogens with zero attached hydrogens (tertiary/aromatic N) is 1. The van der Waals surface area contributed by atoms with Crippen molar-refractivity contribution < 1.29 is 4.79 Å². The van der Waals surface area contributed by atoms with Crippen molar-refractivity contribution in [2.75, 3.05) is 13.1 Å². The third kappa shape index (κ3) is 2.52. The Hall–Kier alpha value is -0.530. The van der Waals surface area contributed by atoms with Crippen LogP contribution in [-0.2, 0) is 4.79 Å². The topological polar surface area (TPSA) is 20.3 Å². The molecule has 1 aliphatic rings. The van der Waals surface area contributed by atoms with Crippen molar-refractivity contribution in [3.05, 3.63) is 0 Å². The molecule has 2 heteroatoms. The molecule has 0 N–H and O–H groups in total. The van der Waals surface area contributed by atoms with Crippen LogP contribution in [-0.4, -0.2) is 23.9 Å². The summed E-state index contributed by atoms with van der Waals surface area (Å²) in [4.78, 5) is 13.0. The molecule has 0 aromatic rings. The maximum Gasteiger partial charge on any atom is 0.219 e. The Bertz CT molecular complexity index is 144. The molecule has 0 aliphatic carbocycles. The molecule has 64 valence electrons. The first kappa shape index (κ1) is 8.57. The quantitative estimate of drug-likeness (QED) is 0.521. The van der Waals surface area contributed by atoms with Gasteiger partial charge in [-0.3, -0.25) is 4.79 Å². The van der Waals surface area contributed by atoms with Gasteiger partial charge in [0.2, 0.25) is 5.91 Å². The largest absolute Gasteiger partial charge is 0.343 e. The SMILES string of the molecule is CC(=O)N1CCCC[C@H](C)C1. The van der Waals surface area contributed by atoms with Crippen molar-refractivity contribution in [2.45, 2.75) is 33.1 Å². The van der Waals surface area contributed by atoms with Crippen LogP contribution in [0, 0.1) is 5.92 Å². The van der Waals surface area contributed by atoms with E-state index >= 15 is 0 Å². The van der Waals surface area contributed by atoms with E-state index in [4.69, 9.17) is 0 Å². The molecule has 0 saturated carbocycles. The minimum atomic E-state index is 0.235. The number of hydrogen-bond acceptors (Lipinski definition) is 1.